The number of halogens is 1. The van der Waals surface area contributed by atoms with E-state index < -0.39 is 0 Å². The second-order valence-corrected chi connectivity index (χ2v) is 8.08. The van der Waals surface area contributed by atoms with Gasteiger partial charge in [-0.2, -0.15) is 0 Å². The molecule has 1 heterocycles. The minimum absolute atomic E-state index is 0. The fourth-order valence-corrected chi connectivity index (χ4v) is 3.61. The lowest BCUT2D eigenvalue weighted by Gasteiger charge is -2.39. The summed E-state index contributed by atoms with van der Waals surface area (Å²) >= 11 is 0. The first kappa shape index (κ1) is 21.4. The SMILES string of the molecule is COC1CCN(Cc2c(C)cc(C(C)(C)C)cc2C)C(CN)C1.Cl. The van der Waals surface area contributed by atoms with E-state index >= 15 is 0 Å². The quantitative estimate of drug-likeness (QED) is 0.889. The van der Waals surface area contributed by atoms with E-state index in [9.17, 15) is 0 Å². The number of likely N-dealkylation sites (tertiary alicyclic amines) is 1. The van der Waals surface area contributed by atoms with Crippen LogP contribution in [-0.4, -0.2) is 37.2 Å². The Kier molecular flexibility index (Phi) is 7.74. The number of ether oxygens (including phenoxy) is 1. The molecule has 1 aromatic rings. The smallest absolute Gasteiger partial charge is 0.0599 e. The number of benzene rings is 1. The minimum atomic E-state index is 0. The lowest BCUT2D eigenvalue weighted by Crippen LogP contribution is -2.48. The third-order valence-electron chi connectivity index (χ3n) is 5.32. The van der Waals surface area contributed by atoms with Gasteiger partial charge in [0.15, 0.2) is 0 Å². The summed E-state index contributed by atoms with van der Waals surface area (Å²) in [4.78, 5) is 2.54. The van der Waals surface area contributed by atoms with Gasteiger partial charge in [-0.3, -0.25) is 4.90 Å². The van der Waals surface area contributed by atoms with E-state index in [0.29, 0.717) is 18.7 Å². The Hall–Kier alpha value is -0.610. The van der Waals surface area contributed by atoms with Crippen molar-refractivity contribution in [2.24, 2.45) is 5.73 Å². The van der Waals surface area contributed by atoms with E-state index in [1.807, 2.05) is 7.11 Å². The number of nitrogens with zero attached hydrogens (tertiary/aromatic N) is 1. The summed E-state index contributed by atoms with van der Waals surface area (Å²) in [7, 11) is 1.81. The van der Waals surface area contributed by atoms with Crippen molar-refractivity contribution < 1.29 is 4.74 Å². The zero-order valence-electron chi connectivity index (χ0n) is 16.2. The van der Waals surface area contributed by atoms with Gasteiger partial charge in [0, 0.05) is 32.8 Å². The lowest BCUT2D eigenvalue weighted by atomic mass is 9.83. The Morgan fingerprint density at radius 3 is 2.25 bits per heavy atom. The van der Waals surface area contributed by atoms with Crippen LogP contribution in [0.2, 0.25) is 0 Å². The molecule has 138 valence electrons. The average molecular weight is 355 g/mol. The van der Waals surface area contributed by atoms with Crippen molar-refractivity contribution in [1.82, 2.24) is 4.90 Å². The molecule has 24 heavy (non-hydrogen) atoms. The normalized spacial score (nSPS) is 22.3. The molecule has 2 N–H and O–H groups in total. The number of hydrogen-bond acceptors (Lipinski definition) is 3. The number of rotatable bonds is 4. The summed E-state index contributed by atoms with van der Waals surface area (Å²) < 4.78 is 5.54. The predicted octanol–water partition coefficient (Wildman–Crippen LogP) is 3.96. The lowest BCUT2D eigenvalue weighted by molar-refractivity contribution is 0.0101. The highest BCUT2D eigenvalue weighted by Crippen LogP contribution is 2.29. The van der Waals surface area contributed by atoms with E-state index in [4.69, 9.17) is 10.5 Å². The van der Waals surface area contributed by atoms with Gasteiger partial charge in [0.1, 0.15) is 0 Å². The van der Waals surface area contributed by atoms with E-state index in [-0.39, 0.29) is 17.8 Å². The Labute approximate surface area is 154 Å². The van der Waals surface area contributed by atoms with Crippen LogP contribution in [0.5, 0.6) is 0 Å². The van der Waals surface area contributed by atoms with Gasteiger partial charge in [-0.25, -0.2) is 0 Å². The molecule has 0 aliphatic carbocycles. The van der Waals surface area contributed by atoms with E-state index in [1.165, 1.54) is 22.3 Å². The molecule has 2 unspecified atom stereocenters. The fourth-order valence-electron chi connectivity index (χ4n) is 3.61. The van der Waals surface area contributed by atoms with Crippen molar-refractivity contribution in [2.75, 3.05) is 20.2 Å². The molecule has 0 bridgehead atoms. The molecule has 0 amide bonds. The molecule has 1 fully saturated rings. The van der Waals surface area contributed by atoms with Crippen molar-refractivity contribution >= 4 is 12.4 Å². The number of hydrogen-bond donors (Lipinski definition) is 1. The van der Waals surface area contributed by atoms with Crippen LogP contribution in [0.15, 0.2) is 12.1 Å². The number of piperidine rings is 1. The van der Waals surface area contributed by atoms with Crippen molar-refractivity contribution in [3.63, 3.8) is 0 Å². The molecular formula is C20H35ClN2O. The number of nitrogens with two attached hydrogens (primary N) is 1. The molecule has 0 spiro atoms. The Morgan fingerprint density at radius 2 is 1.79 bits per heavy atom. The first-order chi connectivity index (χ1) is 10.8. The van der Waals surface area contributed by atoms with Crippen LogP contribution in [0, 0.1) is 13.8 Å². The molecule has 4 heteroatoms. The third kappa shape index (κ3) is 4.95. The molecular weight excluding hydrogens is 320 g/mol. The molecule has 1 aromatic carbocycles. The molecule has 0 radical (unpaired) electrons. The molecule has 1 saturated heterocycles. The summed E-state index contributed by atoms with van der Waals surface area (Å²) in [6.45, 7) is 14.1. The van der Waals surface area contributed by atoms with Gasteiger partial charge in [-0.05, 0) is 54.4 Å². The van der Waals surface area contributed by atoms with Crippen LogP contribution in [0.3, 0.4) is 0 Å². The molecule has 1 aliphatic heterocycles. The highest BCUT2D eigenvalue weighted by Gasteiger charge is 2.28. The summed E-state index contributed by atoms with van der Waals surface area (Å²) in [5, 5.41) is 0. The number of methoxy groups -OCH3 is 1. The second-order valence-electron chi connectivity index (χ2n) is 8.08. The van der Waals surface area contributed by atoms with Crippen molar-refractivity contribution in [3.05, 3.63) is 34.4 Å². The molecule has 3 nitrogen and oxygen atoms in total. The maximum Gasteiger partial charge on any atom is 0.0599 e. The van der Waals surface area contributed by atoms with Crippen LogP contribution in [-0.2, 0) is 16.7 Å². The van der Waals surface area contributed by atoms with Crippen LogP contribution in [0.1, 0.15) is 55.9 Å². The van der Waals surface area contributed by atoms with Crippen molar-refractivity contribution in [1.29, 1.82) is 0 Å². The van der Waals surface area contributed by atoms with Gasteiger partial charge in [0.05, 0.1) is 6.10 Å². The van der Waals surface area contributed by atoms with Gasteiger partial charge in [-0.15, -0.1) is 12.4 Å². The molecule has 0 aromatic heterocycles. The van der Waals surface area contributed by atoms with Gasteiger partial charge >= 0.3 is 0 Å². The highest BCUT2D eigenvalue weighted by molar-refractivity contribution is 5.85. The minimum Gasteiger partial charge on any atom is -0.381 e. The summed E-state index contributed by atoms with van der Waals surface area (Å²) in [6, 6.07) is 5.15. The molecule has 2 rings (SSSR count). The van der Waals surface area contributed by atoms with E-state index in [2.05, 4.69) is 51.7 Å². The van der Waals surface area contributed by atoms with Gasteiger partial charge in [-0.1, -0.05) is 32.9 Å². The zero-order chi connectivity index (χ0) is 17.2. The van der Waals surface area contributed by atoms with E-state index in [1.54, 1.807) is 0 Å². The number of aryl methyl sites for hydroxylation is 2. The monoisotopic (exact) mass is 354 g/mol. The molecule has 0 saturated carbocycles. The largest absolute Gasteiger partial charge is 0.381 e. The van der Waals surface area contributed by atoms with Crippen molar-refractivity contribution in [3.8, 4) is 0 Å². The van der Waals surface area contributed by atoms with Gasteiger partial charge in [0.25, 0.3) is 0 Å². The van der Waals surface area contributed by atoms with Crippen LogP contribution >= 0.6 is 12.4 Å². The third-order valence-corrected chi connectivity index (χ3v) is 5.32. The topological polar surface area (TPSA) is 38.5 Å². The summed E-state index contributed by atoms with van der Waals surface area (Å²) in [5.41, 5.74) is 11.9. The maximum atomic E-state index is 6.02. The predicted molar refractivity (Wildman–Crippen MR) is 105 cm³/mol. The Balaban J connectivity index is 0.00000288. The van der Waals surface area contributed by atoms with Crippen LogP contribution in [0.4, 0.5) is 0 Å². The Bertz CT molecular complexity index is 516. The van der Waals surface area contributed by atoms with E-state index in [0.717, 1.165) is 25.9 Å². The van der Waals surface area contributed by atoms with Gasteiger partial charge < -0.3 is 10.5 Å². The van der Waals surface area contributed by atoms with Gasteiger partial charge in [0.2, 0.25) is 0 Å². The average Bonchev–Trinajstić information content (AvgIpc) is 2.49. The summed E-state index contributed by atoms with van der Waals surface area (Å²) in [5.74, 6) is 0. The van der Waals surface area contributed by atoms with Crippen LogP contribution < -0.4 is 5.73 Å². The maximum absolute atomic E-state index is 6.02. The van der Waals surface area contributed by atoms with Crippen molar-refractivity contribution in [2.45, 2.75) is 71.6 Å². The first-order valence-electron chi connectivity index (χ1n) is 8.83. The fraction of sp³-hybridized carbons (Fsp3) is 0.700. The molecule has 2 atom stereocenters. The second kappa shape index (κ2) is 8.66. The highest BCUT2D eigenvalue weighted by atomic mass is 35.5. The molecule has 1 aliphatic rings. The Morgan fingerprint density at radius 1 is 1.21 bits per heavy atom. The standard InChI is InChI=1S/C20H34N2O.ClH/c1-14-9-16(20(3,4)5)10-15(2)19(14)13-22-8-7-18(23-6)11-17(22)12-21;/h9-10,17-18H,7-8,11-13,21H2,1-6H3;1H. The van der Waals surface area contributed by atoms with Crippen LogP contribution in [0.25, 0.3) is 0 Å². The first-order valence-corrected chi connectivity index (χ1v) is 8.83. The zero-order valence-corrected chi connectivity index (χ0v) is 17.0. The summed E-state index contributed by atoms with van der Waals surface area (Å²) in [6.07, 6.45) is 2.52.